The standard InChI is InChI=1S/C29H34ClN9O3/c1-20-32-9-10-39(20)19-37-11-13-38(14-12-37)29-35-27(33-18-26(31)34-21-7-5-4-6-8-21)17-28(36-29)42-23-16-25(41-3)24(40-2)15-22(23)30/h4-10,15-17H,11-14,18-19H2,1-3H3,(H2,31,34)(H,33,35,36). The van der Waals surface area contributed by atoms with Crippen LogP contribution in [-0.4, -0.2) is 77.2 Å². The van der Waals surface area contributed by atoms with Gasteiger partial charge in [0.05, 0.1) is 38.1 Å². The highest BCUT2D eigenvalue weighted by Crippen LogP contribution is 2.39. The van der Waals surface area contributed by atoms with Gasteiger partial charge in [-0.05, 0) is 19.1 Å². The lowest BCUT2D eigenvalue weighted by Crippen LogP contribution is -2.47. The van der Waals surface area contributed by atoms with E-state index in [1.165, 1.54) is 0 Å². The van der Waals surface area contributed by atoms with Gasteiger partial charge < -0.3 is 34.7 Å². The molecule has 1 aliphatic rings. The molecule has 0 spiro atoms. The average Bonchev–Trinajstić information content (AvgIpc) is 3.41. The Morgan fingerprint density at radius 2 is 1.74 bits per heavy atom. The van der Waals surface area contributed by atoms with Crippen LogP contribution >= 0.6 is 11.6 Å². The van der Waals surface area contributed by atoms with Gasteiger partial charge in [0.15, 0.2) is 17.2 Å². The number of benzene rings is 2. The molecule has 12 nitrogen and oxygen atoms in total. The molecule has 220 valence electrons. The molecule has 0 radical (unpaired) electrons. The quantitative estimate of drug-likeness (QED) is 0.192. The molecule has 0 amide bonds. The number of hydrogen-bond donors (Lipinski definition) is 2. The Morgan fingerprint density at radius 3 is 2.43 bits per heavy atom. The predicted molar refractivity (Wildman–Crippen MR) is 164 cm³/mol. The van der Waals surface area contributed by atoms with Gasteiger partial charge in [0.25, 0.3) is 0 Å². The summed E-state index contributed by atoms with van der Waals surface area (Å²) in [6, 6.07) is 14.5. The summed E-state index contributed by atoms with van der Waals surface area (Å²) in [7, 11) is 3.10. The van der Waals surface area contributed by atoms with Gasteiger partial charge in [-0.2, -0.15) is 9.97 Å². The Balaban J connectivity index is 1.36. The molecule has 1 saturated heterocycles. The molecular formula is C29H34ClN9O3. The van der Waals surface area contributed by atoms with Crippen molar-refractivity contribution >= 4 is 34.9 Å². The summed E-state index contributed by atoms with van der Waals surface area (Å²) in [5.41, 5.74) is 6.98. The molecule has 3 heterocycles. The number of nitrogens with zero attached hydrogens (tertiary/aromatic N) is 7. The van der Waals surface area contributed by atoms with Crippen LogP contribution in [0.25, 0.3) is 0 Å². The van der Waals surface area contributed by atoms with Gasteiger partial charge in [0.1, 0.15) is 17.5 Å². The third-order valence-electron chi connectivity index (χ3n) is 6.75. The van der Waals surface area contributed by atoms with Crippen molar-refractivity contribution in [3.63, 3.8) is 0 Å². The maximum absolute atomic E-state index is 6.51. The highest BCUT2D eigenvalue weighted by molar-refractivity contribution is 6.32. The Hall–Kier alpha value is -4.55. The van der Waals surface area contributed by atoms with Crippen LogP contribution in [0, 0.1) is 6.92 Å². The summed E-state index contributed by atoms with van der Waals surface area (Å²) in [6.45, 7) is 6.23. The number of aryl methyl sites for hydroxylation is 1. The predicted octanol–water partition coefficient (Wildman–Crippen LogP) is 4.32. The van der Waals surface area contributed by atoms with Crippen molar-refractivity contribution in [3.8, 4) is 23.1 Å². The largest absolute Gasteiger partial charge is 0.493 e. The lowest BCUT2D eigenvalue weighted by molar-refractivity contribution is 0.203. The minimum Gasteiger partial charge on any atom is -0.493 e. The van der Waals surface area contributed by atoms with Crippen LogP contribution in [0.1, 0.15) is 5.82 Å². The van der Waals surface area contributed by atoms with E-state index in [9.17, 15) is 0 Å². The van der Waals surface area contributed by atoms with Gasteiger partial charge in [0, 0.05) is 56.8 Å². The number of para-hydroxylation sites is 1. The van der Waals surface area contributed by atoms with Crippen LogP contribution in [0.5, 0.6) is 23.1 Å². The number of aliphatic imine (C=N–C) groups is 1. The molecule has 0 unspecified atom stereocenters. The van der Waals surface area contributed by atoms with E-state index in [-0.39, 0.29) is 6.54 Å². The molecule has 13 heteroatoms. The van der Waals surface area contributed by atoms with E-state index in [0.29, 0.717) is 45.8 Å². The number of methoxy groups -OCH3 is 2. The van der Waals surface area contributed by atoms with Crippen molar-refractivity contribution in [3.05, 3.63) is 71.8 Å². The summed E-state index contributed by atoms with van der Waals surface area (Å²) in [6.07, 6.45) is 3.82. The molecule has 1 aliphatic heterocycles. The fourth-order valence-corrected chi connectivity index (χ4v) is 4.66. The van der Waals surface area contributed by atoms with Crippen molar-refractivity contribution in [1.82, 2.24) is 24.4 Å². The number of piperazine rings is 1. The molecule has 2 aromatic heterocycles. The molecule has 2 aromatic carbocycles. The number of halogens is 1. The van der Waals surface area contributed by atoms with Crippen LogP contribution in [0.15, 0.2) is 65.9 Å². The third-order valence-corrected chi connectivity index (χ3v) is 7.05. The smallest absolute Gasteiger partial charge is 0.230 e. The van der Waals surface area contributed by atoms with Crippen molar-refractivity contribution in [1.29, 1.82) is 0 Å². The fourth-order valence-electron chi connectivity index (χ4n) is 4.47. The summed E-state index contributed by atoms with van der Waals surface area (Å²) in [5.74, 6) is 4.14. The lowest BCUT2D eigenvalue weighted by atomic mass is 10.3. The van der Waals surface area contributed by atoms with Crippen LogP contribution in [-0.2, 0) is 6.67 Å². The molecule has 0 aliphatic carbocycles. The molecule has 0 atom stereocenters. The monoisotopic (exact) mass is 591 g/mol. The number of nitrogens with one attached hydrogen (secondary N) is 1. The van der Waals surface area contributed by atoms with Crippen LogP contribution in [0.4, 0.5) is 17.5 Å². The van der Waals surface area contributed by atoms with Crippen LogP contribution < -0.4 is 30.2 Å². The molecule has 3 N–H and O–H groups in total. The Morgan fingerprint density at radius 1 is 1.00 bits per heavy atom. The first-order valence-electron chi connectivity index (χ1n) is 13.5. The zero-order valence-corrected chi connectivity index (χ0v) is 24.6. The van der Waals surface area contributed by atoms with E-state index in [4.69, 9.17) is 41.5 Å². The topological polar surface area (TPSA) is 128 Å². The zero-order valence-electron chi connectivity index (χ0n) is 23.8. The minimum atomic E-state index is 0.278. The number of anilines is 2. The first-order valence-corrected chi connectivity index (χ1v) is 13.8. The number of ether oxygens (including phenoxy) is 3. The normalized spacial score (nSPS) is 14.1. The van der Waals surface area contributed by atoms with E-state index in [0.717, 1.165) is 44.4 Å². The van der Waals surface area contributed by atoms with Crippen LogP contribution in [0.2, 0.25) is 5.02 Å². The summed E-state index contributed by atoms with van der Waals surface area (Å²) >= 11 is 6.51. The van der Waals surface area contributed by atoms with E-state index in [1.54, 1.807) is 32.4 Å². The first-order chi connectivity index (χ1) is 20.4. The second kappa shape index (κ2) is 13.4. The summed E-state index contributed by atoms with van der Waals surface area (Å²) < 4.78 is 19.1. The number of hydrogen-bond acceptors (Lipinski definition) is 10. The maximum atomic E-state index is 6.51. The van der Waals surface area contributed by atoms with Gasteiger partial charge in [-0.15, -0.1) is 0 Å². The molecule has 0 bridgehead atoms. The average molecular weight is 592 g/mol. The van der Waals surface area contributed by atoms with Crippen molar-refractivity contribution < 1.29 is 14.2 Å². The van der Waals surface area contributed by atoms with E-state index in [1.807, 2.05) is 49.6 Å². The second-order valence-corrected chi connectivity index (χ2v) is 10.0. The van der Waals surface area contributed by atoms with Crippen molar-refractivity contribution in [2.75, 3.05) is 57.2 Å². The van der Waals surface area contributed by atoms with Crippen LogP contribution in [0.3, 0.4) is 0 Å². The fraction of sp³-hybridized carbons (Fsp3) is 0.310. The van der Waals surface area contributed by atoms with Crippen molar-refractivity contribution in [2.24, 2.45) is 10.7 Å². The third kappa shape index (κ3) is 7.20. The molecule has 0 saturated carbocycles. The SMILES string of the molecule is COc1cc(Cl)c(Oc2cc(NC/C(N)=N/c3ccccc3)nc(N3CCN(Cn4ccnc4C)CC3)n2)cc1OC. The number of amidine groups is 1. The number of aromatic nitrogens is 4. The number of rotatable bonds is 11. The van der Waals surface area contributed by atoms with E-state index < -0.39 is 0 Å². The molecule has 1 fully saturated rings. The second-order valence-electron chi connectivity index (χ2n) is 9.61. The first kappa shape index (κ1) is 29.0. The minimum absolute atomic E-state index is 0.278. The number of nitrogens with two attached hydrogens (primary N) is 1. The van der Waals surface area contributed by atoms with E-state index >= 15 is 0 Å². The molecule has 4 aromatic rings. The zero-order chi connectivity index (χ0) is 29.5. The number of imidazole rings is 1. The Bertz CT molecular complexity index is 1520. The Kier molecular flexibility index (Phi) is 9.25. The molecule has 5 rings (SSSR count). The van der Waals surface area contributed by atoms with Gasteiger partial charge >= 0.3 is 0 Å². The summed E-state index contributed by atoms with van der Waals surface area (Å²) in [5, 5.41) is 3.61. The van der Waals surface area contributed by atoms with E-state index in [2.05, 4.69) is 29.7 Å². The van der Waals surface area contributed by atoms with Gasteiger partial charge in [-0.1, -0.05) is 29.8 Å². The lowest BCUT2D eigenvalue weighted by Gasteiger charge is -2.35. The highest BCUT2D eigenvalue weighted by atomic mass is 35.5. The maximum Gasteiger partial charge on any atom is 0.230 e. The van der Waals surface area contributed by atoms with Gasteiger partial charge in [0.2, 0.25) is 11.8 Å². The van der Waals surface area contributed by atoms with Gasteiger partial charge in [-0.3, -0.25) is 4.90 Å². The highest BCUT2D eigenvalue weighted by Gasteiger charge is 2.22. The summed E-state index contributed by atoms with van der Waals surface area (Å²) in [4.78, 5) is 22.8. The molecule has 42 heavy (non-hydrogen) atoms. The van der Waals surface area contributed by atoms with Crippen molar-refractivity contribution in [2.45, 2.75) is 13.6 Å². The van der Waals surface area contributed by atoms with Gasteiger partial charge in [-0.25, -0.2) is 9.98 Å². The molecular weight excluding hydrogens is 558 g/mol. The Labute approximate surface area is 249 Å².